The van der Waals surface area contributed by atoms with Crippen molar-refractivity contribution in [2.45, 2.75) is 13.3 Å². The van der Waals surface area contributed by atoms with E-state index in [0.29, 0.717) is 17.8 Å². The number of carbonyl (C=O) groups excluding carboxylic acids is 2. The number of ether oxygens (including phenoxy) is 1. The SMILES string of the molecule is Cc1ccn2cc(C(=O)OCC(=O)Nc3ccccc3Cc3ccccc3)nc2c1. The van der Waals surface area contributed by atoms with Gasteiger partial charge in [-0.3, -0.25) is 4.79 Å². The van der Waals surface area contributed by atoms with E-state index in [1.807, 2.05) is 79.9 Å². The molecule has 4 rings (SSSR count). The van der Waals surface area contributed by atoms with E-state index >= 15 is 0 Å². The van der Waals surface area contributed by atoms with Crippen molar-refractivity contribution < 1.29 is 14.3 Å². The number of rotatable bonds is 6. The maximum absolute atomic E-state index is 12.4. The van der Waals surface area contributed by atoms with Crippen LogP contribution in [0.4, 0.5) is 5.69 Å². The summed E-state index contributed by atoms with van der Waals surface area (Å²) in [6.45, 7) is 1.57. The van der Waals surface area contributed by atoms with E-state index in [4.69, 9.17) is 4.74 Å². The average Bonchev–Trinajstić information content (AvgIpc) is 3.17. The summed E-state index contributed by atoms with van der Waals surface area (Å²) in [5.74, 6) is -1.03. The van der Waals surface area contributed by atoms with Crippen LogP contribution in [0.3, 0.4) is 0 Å². The van der Waals surface area contributed by atoms with Crippen molar-refractivity contribution in [3.8, 4) is 0 Å². The molecule has 0 fully saturated rings. The predicted molar refractivity (Wildman–Crippen MR) is 115 cm³/mol. The third-order valence-corrected chi connectivity index (χ3v) is 4.69. The van der Waals surface area contributed by atoms with E-state index in [-0.39, 0.29) is 12.3 Å². The monoisotopic (exact) mass is 399 g/mol. The topological polar surface area (TPSA) is 72.7 Å². The molecule has 150 valence electrons. The number of amides is 1. The highest BCUT2D eigenvalue weighted by atomic mass is 16.5. The lowest BCUT2D eigenvalue weighted by Gasteiger charge is -2.11. The van der Waals surface area contributed by atoms with Crippen LogP contribution >= 0.6 is 0 Å². The van der Waals surface area contributed by atoms with Crippen LogP contribution in [-0.4, -0.2) is 27.9 Å². The molecule has 0 atom stereocenters. The summed E-state index contributed by atoms with van der Waals surface area (Å²) in [7, 11) is 0. The van der Waals surface area contributed by atoms with Crippen LogP contribution < -0.4 is 5.32 Å². The minimum atomic E-state index is -0.635. The van der Waals surface area contributed by atoms with E-state index < -0.39 is 11.9 Å². The summed E-state index contributed by atoms with van der Waals surface area (Å²) >= 11 is 0. The first-order valence-electron chi connectivity index (χ1n) is 9.62. The molecule has 4 aromatic rings. The summed E-state index contributed by atoms with van der Waals surface area (Å²) in [4.78, 5) is 28.9. The molecule has 0 saturated heterocycles. The quantitative estimate of drug-likeness (QED) is 0.497. The van der Waals surface area contributed by atoms with Gasteiger partial charge in [0.15, 0.2) is 12.3 Å². The number of anilines is 1. The maximum atomic E-state index is 12.4. The van der Waals surface area contributed by atoms with Crippen molar-refractivity contribution in [1.82, 2.24) is 9.38 Å². The normalized spacial score (nSPS) is 10.7. The van der Waals surface area contributed by atoms with Gasteiger partial charge in [0.1, 0.15) is 5.65 Å². The second kappa shape index (κ2) is 8.61. The van der Waals surface area contributed by atoms with E-state index in [1.165, 1.54) is 0 Å². The number of para-hydroxylation sites is 1. The van der Waals surface area contributed by atoms with Crippen LogP contribution in [0.25, 0.3) is 5.65 Å². The number of pyridine rings is 1. The lowest BCUT2D eigenvalue weighted by atomic mass is 10.0. The van der Waals surface area contributed by atoms with E-state index in [9.17, 15) is 9.59 Å². The van der Waals surface area contributed by atoms with Gasteiger partial charge in [-0.05, 0) is 48.2 Å². The van der Waals surface area contributed by atoms with Gasteiger partial charge in [-0.2, -0.15) is 0 Å². The number of aryl methyl sites for hydroxylation is 1. The number of fused-ring (bicyclic) bond motifs is 1. The lowest BCUT2D eigenvalue weighted by molar-refractivity contribution is -0.119. The highest BCUT2D eigenvalue weighted by Gasteiger charge is 2.15. The van der Waals surface area contributed by atoms with Crippen LogP contribution in [-0.2, 0) is 16.0 Å². The number of benzene rings is 2. The molecule has 0 aliphatic heterocycles. The number of nitrogens with zero attached hydrogens (tertiary/aromatic N) is 2. The van der Waals surface area contributed by atoms with Gasteiger partial charge in [0.05, 0.1) is 0 Å². The fourth-order valence-electron chi connectivity index (χ4n) is 3.19. The molecule has 2 aromatic carbocycles. The Bertz CT molecular complexity index is 1200. The largest absolute Gasteiger partial charge is 0.451 e. The van der Waals surface area contributed by atoms with Crippen LogP contribution in [0.2, 0.25) is 0 Å². The molecule has 6 nitrogen and oxygen atoms in total. The Morgan fingerprint density at radius 3 is 2.63 bits per heavy atom. The molecule has 1 amide bonds. The molecule has 6 heteroatoms. The van der Waals surface area contributed by atoms with Gasteiger partial charge in [-0.15, -0.1) is 0 Å². The minimum Gasteiger partial charge on any atom is -0.451 e. The smallest absolute Gasteiger partial charge is 0.359 e. The molecule has 2 heterocycles. The number of esters is 1. The number of aromatic nitrogens is 2. The Hall–Kier alpha value is -3.93. The van der Waals surface area contributed by atoms with Crippen LogP contribution in [0.15, 0.2) is 79.1 Å². The molecule has 1 N–H and O–H groups in total. The van der Waals surface area contributed by atoms with Gasteiger partial charge in [0.25, 0.3) is 5.91 Å². The first kappa shape index (κ1) is 19.4. The van der Waals surface area contributed by atoms with Gasteiger partial charge in [-0.25, -0.2) is 9.78 Å². The Balaban J connectivity index is 1.38. The zero-order valence-electron chi connectivity index (χ0n) is 16.5. The Morgan fingerprint density at radius 2 is 1.80 bits per heavy atom. The summed E-state index contributed by atoms with van der Waals surface area (Å²) in [6, 6.07) is 21.4. The highest BCUT2D eigenvalue weighted by Crippen LogP contribution is 2.19. The van der Waals surface area contributed by atoms with Gasteiger partial charge in [-0.1, -0.05) is 48.5 Å². The fourth-order valence-corrected chi connectivity index (χ4v) is 3.19. The van der Waals surface area contributed by atoms with Crippen LogP contribution in [0.1, 0.15) is 27.2 Å². The molecule has 0 aliphatic rings. The molecular formula is C24H21N3O3. The van der Waals surface area contributed by atoms with Crippen molar-refractivity contribution in [1.29, 1.82) is 0 Å². The number of carbonyl (C=O) groups is 2. The summed E-state index contributed by atoms with van der Waals surface area (Å²) in [6.07, 6.45) is 4.10. The number of nitrogens with one attached hydrogen (secondary N) is 1. The van der Waals surface area contributed by atoms with E-state index in [2.05, 4.69) is 10.3 Å². The second-order valence-electron chi connectivity index (χ2n) is 7.04. The highest BCUT2D eigenvalue weighted by molar-refractivity contribution is 5.95. The molecule has 0 spiro atoms. The van der Waals surface area contributed by atoms with Crippen molar-refractivity contribution in [3.63, 3.8) is 0 Å². The Morgan fingerprint density at radius 1 is 1.03 bits per heavy atom. The van der Waals surface area contributed by atoms with Gasteiger partial charge >= 0.3 is 5.97 Å². The molecule has 0 aliphatic carbocycles. The molecule has 2 aromatic heterocycles. The molecule has 0 saturated carbocycles. The third-order valence-electron chi connectivity index (χ3n) is 4.69. The summed E-state index contributed by atoms with van der Waals surface area (Å²) in [5.41, 5.74) is 4.69. The summed E-state index contributed by atoms with van der Waals surface area (Å²) in [5, 5.41) is 2.83. The van der Waals surface area contributed by atoms with Gasteiger partial charge < -0.3 is 14.5 Å². The number of hydrogen-bond acceptors (Lipinski definition) is 4. The van der Waals surface area contributed by atoms with Gasteiger partial charge in [0.2, 0.25) is 0 Å². The summed E-state index contributed by atoms with van der Waals surface area (Å²) < 4.78 is 6.89. The number of imidazole rings is 1. The van der Waals surface area contributed by atoms with Crippen LogP contribution in [0, 0.1) is 6.92 Å². The average molecular weight is 399 g/mol. The third kappa shape index (κ3) is 4.55. The lowest BCUT2D eigenvalue weighted by Crippen LogP contribution is -2.21. The Labute approximate surface area is 174 Å². The predicted octanol–water partition coefficient (Wildman–Crippen LogP) is 4.03. The zero-order valence-corrected chi connectivity index (χ0v) is 16.5. The van der Waals surface area contributed by atoms with Crippen molar-refractivity contribution in [2.75, 3.05) is 11.9 Å². The molecular weight excluding hydrogens is 378 g/mol. The zero-order chi connectivity index (χ0) is 20.9. The maximum Gasteiger partial charge on any atom is 0.359 e. The van der Waals surface area contributed by atoms with E-state index in [0.717, 1.165) is 16.7 Å². The molecule has 0 radical (unpaired) electrons. The Kier molecular flexibility index (Phi) is 5.57. The molecule has 0 unspecified atom stereocenters. The second-order valence-corrected chi connectivity index (χ2v) is 7.04. The van der Waals surface area contributed by atoms with Crippen LogP contribution in [0.5, 0.6) is 0 Å². The van der Waals surface area contributed by atoms with Crippen molar-refractivity contribution >= 4 is 23.2 Å². The van der Waals surface area contributed by atoms with E-state index in [1.54, 1.807) is 10.6 Å². The first-order valence-corrected chi connectivity index (χ1v) is 9.62. The molecule has 0 bridgehead atoms. The fraction of sp³-hybridized carbons (Fsp3) is 0.125. The molecule has 30 heavy (non-hydrogen) atoms. The minimum absolute atomic E-state index is 0.165. The van der Waals surface area contributed by atoms with Crippen molar-refractivity contribution in [3.05, 3.63) is 102 Å². The first-order chi connectivity index (χ1) is 14.6. The standard InChI is InChI=1S/C24H21N3O3/c1-17-11-12-27-15-21(25-22(27)13-17)24(29)30-16-23(28)26-20-10-6-5-9-19(20)14-18-7-3-2-4-8-18/h2-13,15H,14,16H2,1H3,(H,26,28). The van der Waals surface area contributed by atoms with Crippen molar-refractivity contribution in [2.24, 2.45) is 0 Å². The van der Waals surface area contributed by atoms with Gasteiger partial charge in [0, 0.05) is 18.1 Å². The number of hydrogen-bond donors (Lipinski definition) is 1.